The quantitative estimate of drug-likeness (QED) is 0.783. The van der Waals surface area contributed by atoms with Gasteiger partial charge in [-0.25, -0.2) is 4.98 Å². The van der Waals surface area contributed by atoms with Gasteiger partial charge in [0.2, 0.25) is 0 Å². The van der Waals surface area contributed by atoms with Crippen LogP contribution in [-0.4, -0.2) is 44.2 Å². The van der Waals surface area contributed by atoms with E-state index in [0.717, 1.165) is 37.6 Å². The Bertz CT molecular complexity index is 456. The number of nitrogens with one attached hydrogen (secondary N) is 1. The number of hydrogen-bond acceptors (Lipinski definition) is 5. The van der Waals surface area contributed by atoms with Crippen molar-refractivity contribution in [2.75, 3.05) is 38.2 Å². The summed E-state index contributed by atoms with van der Waals surface area (Å²) < 4.78 is 5.19. The van der Waals surface area contributed by atoms with Gasteiger partial charge in [0.1, 0.15) is 0 Å². The number of amides is 1. The van der Waals surface area contributed by atoms with Crippen LogP contribution in [0, 0.1) is 6.92 Å². The van der Waals surface area contributed by atoms with Crippen LogP contribution in [0.25, 0.3) is 0 Å². The molecule has 1 aromatic heterocycles. The van der Waals surface area contributed by atoms with E-state index in [1.54, 1.807) is 0 Å². The van der Waals surface area contributed by atoms with E-state index in [-0.39, 0.29) is 5.69 Å². The molecule has 18 heavy (non-hydrogen) atoms. The Morgan fingerprint density at radius 2 is 2.17 bits per heavy atom. The van der Waals surface area contributed by atoms with Crippen molar-refractivity contribution in [2.45, 2.75) is 6.92 Å². The predicted octanol–water partition coefficient (Wildman–Crippen LogP) is -0.0929. The molecule has 0 saturated carbocycles. The lowest BCUT2D eigenvalue weighted by atomic mass is 10.2. The van der Waals surface area contributed by atoms with E-state index in [1.165, 1.54) is 7.11 Å². The number of carbonyl (C=O) groups is 1. The van der Waals surface area contributed by atoms with Gasteiger partial charge in [0, 0.05) is 32.2 Å². The van der Waals surface area contributed by atoms with Gasteiger partial charge in [0.05, 0.1) is 18.5 Å². The maximum Gasteiger partial charge on any atom is 0.271 e. The lowest BCUT2D eigenvalue weighted by Gasteiger charge is -2.30. The number of nitrogens with zero attached hydrogens (tertiary/aromatic N) is 2. The van der Waals surface area contributed by atoms with Gasteiger partial charge in [-0.15, -0.1) is 0 Å². The van der Waals surface area contributed by atoms with Crippen LogP contribution in [0.1, 0.15) is 16.2 Å². The Morgan fingerprint density at radius 1 is 1.50 bits per heavy atom. The number of piperazine rings is 1. The van der Waals surface area contributed by atoms with E-state index in [1.807, 2.05) is 13.0 Å². The van der Waals surface area contributed by atoms with Gasteiger partial charge in [-0.2, -0.15) is 0 Å². The zero-order valence-corrected chi connectivity index (χ0v) is 10.7. The molecule has 1 fully saturated rings. The number of aryl methyl sites for hydroxylation is 1. The van der Waals surface area contributed by atoms with E-state index in [0.29, 0.717) is 5.75 Å². The first-order valence-corrected chi connectivity index (χ1v) is 5.94. The normalized spacial score (nSPS) is 15.6. The second kappa shape index (κ2) is 5.22. The van der Waals surface area contributed by atoms with Gasteiger partial charge in [0.15, 0.2) is 11.4 Å². The molecule has 1 aliphatic heterocycles. The fourth-order valence-electron chi connectivity index (χ4n) is 2.14. The van der Waals surface area contributed by atoms with Crippen molar-refractivity contribution in [3.05, 3.63) is 17.5 Å². The number of anilines is 1. The minimum absolute atomic E-state index is 0.189. The van der Waals surface area contributed by atoms with Crippen molar-refractivity contribution in [3.8, 4) is 5.75 Å². The summed E-state index contributed by atoms with van der Waals surface area (Å²) in [5.41, 5.74) is 7.27. The van der Waals surface area contributed by atoms with Crippen molar-refractivity contribution in [2.24, 2.45) is 5.73 Å². The highest BCUT2D eigenvalue weighted by atomic mass is 16.5. The molecule has 0 aromatic carbocycles. The highest BCUT2D eigenvalue weighted by Gasteiger charge is 2.19. The molecule has 1 aromatic rings. The lowest BCUT2D eigenvalue weighted by molar-refractivity contribution is 0.0992. The van der Waals surface area contributed by atoms with E-state index in [4.69, 9.17) is 10.5 Å². The third-order valence-electron chi connectivity index (χ3n) is 3.06. The molecule has 98 valence electrons. The Labute approximate surface area is 106 Å². The molecule has 0 atom stereocenters. The number of methoxy groups -OCH3 is 1. The zero-order valence-electron chi connectivity index (χ0n) is 10.7. The lowest BCUT2D eigenvalue weighted by Crippen LogP contribution is -2.44. The summed E-state index contributed by atoms with van der Waals surface area (Å²) in [6.45, 7) is 5.60. The van der Waals surface area contributed by atoms with E-state index < -0.39 is 5.91 Å². The number of carbonyl (C=O) groups excluding carboxylic acids is 1. The van der Waals surface area contributed by atoms with Gasteiger partial charge in [-0.1, -0.05) is 0 Å². The maximum absolute atomic E-state index is 11.3. The van der Waals surface area contributed by atoms with Crippen LogP contribution in [0.3, 0.4) is 0 Å². The van der Waals surface area contributed by atoms with Gasteiger partial charge in [-0.05, 0) is 6.92 Å². The predicted molar refractivity (Wildman–Crippen MR) is 69.1 cm³/mol. The molecule has 1 saturated heterocycles. The molecule has 0 bridgehead atoms. The molecule has 3 N–H and O–H groups in total. The first kappa shape index (κ1) is 12.6. The standard InChI is InChI=1S/C12H18N4O2/c1-8-9(16-5-3-14-4-6-16)7-10(18-2)11(15-8)12(13)17/h7,14H,3-6H2,1-2H3,(H2,13,17). The molecule has 0 spiro atoms. The molecule has 0 radical (unpaired) electrons. The number of pyridine rings is 1. The van der Waals surface area contributed by atoms with Crippen LogP contribution in [0.2, 0.25) is 0 Å². The summed E-state index contributed by atoms with van der Waals surface area (Å²) in [5.74, 6) is -0.136. The zero-order chi connectivity index (χ0) is 13.1. The fraction of sp³-hybridized carbons (Fsp3) is 0.500. The van der Waals surface area contributed by atoms with Crippen molar-refractivity contribution in [1.82, 2.24) is 10.3 Å². The smallest absolute Gasteiger partial charge is 0.271 e. The average molecular weight is 250 g/mol. The Morgan fingerprint density at radius 3 is 2.72 bits per heavy atom. The van der Waals surface area contributed by atoms with Crippen LogP contribution in [0.15, 0.2) is 6.07 Å². The number of ether oxygens (including phenoxy) is 1. The number of rotatable bonds is 3. The Balaban J connectivity index is 2.39. The van der Waals surface area contributed by atoms with Gasteiger partial charge in [-0.3, -0.25) is 4.79 Å². The third kappa shape index (κ3) is 2.38. The van der Waals surface area contributed by atoms with Gasteiger partial charge >= 0.3 is 0 Å². The van der Waals surface area contributed by atoms with Crippen LogP contribution in [0.4, 0.5) is 5.69 Å². The number of nitrogens with two attached hydrogens (primary N) is 1. The van der Waals surface area contributed by atoms with E-state index in [2.05, 4.69) is 15.2 Å². The van der Waals surface area contributed by atoms with Crippen molar-refractivity contribution in [3.63, 3.8) is 0 Å². The highest BCUT2D eigenvalue weighted by molar-refractivity contribution is 5.94. The molecular weight excluding hydrogens is 232 g/mol. The van der Waals surface area contributed by atoms with Crippen LogP contribution in [0.5, 0.6) is 5.75 Å². The van der Waals surface area contributed by atoms with Crippen molar-refractivity contribution < 1.29 is 9.53 Å². The molecule has 0 unspecified atom stereocenters. The van der Waals surface area contributed by atoms with Crippen molar-refractivity contribution in [1.29, 1.82) is 0 Å². The Kier molecular flexibility index (Phi) is 3.66. The first-order valence-electron chi connectivity index (χ1n) is 5.94. The molecule has 1 amide bonds. The van der Waals surface area contributed by atoms with Gasteiger partial charge < -0.3 is 20.7 Å². The van der Waals surface area contributed by atoms with Crippen LogP contribution >= 0.6 is 0 Å². The SMILES string of the molecule is COc1cc(N2CCNCC2)c(C)nc1C(N)=O. The first-order chi connectivity index (χ1) is 8.63. The fourth-order valence-corrected chi connectivity index (χ4v) is 2.14. The average Bonchev–Trinajstić information content (AvgIpc) is 2.39. The minimum Gasteiger partial charge on any atom is -0.494 e. The van der Waals surface area contributed by atoms with E-state index in [9.17, 15) is 4.79 Å². The Hall–Kier alpha value is -1.82. The van der Waals surface area contributed by atoms with Gasteiger partial charge in [0.25, 0.3) is 5.91 Å². The summed E-state index contributed by atoms with van der Waals surface area (Å²) in [7, 11) is 1.51. The highest BCUT2D eigenvalue weighted by Crippen LogP contribution is 2.27. The molecule has 0 aliphatic carbocycles. The second-order valence-electron chi connectivity index (χ2n) is 4.25. The summed E-state index contributed by atoms with van der Waals surface area (Å²) in [4.78, 5) is 17.8. The van der Waals surface area contributed by atoms with Crippen molar-refractivity contribution >= 4 is 11.6 Å². The van der Waals surface area contributed by atoms with Crippen LogP contribution < -0.4 is 20.7 Å². The number of primary amides is 1. The second-order valence-corrected chi connectivity index (χ2v) is 4.25. The molecular formula is C12H18N4O2. The summed E-state index contributed by atoms with van der Waals surface area (Å²) in [6.07, 6.45) is 0. The minimum atomic E-state index is -0.568. The number of hydrogen-bond donors (Lipinski definition) is 2. The molecule has 6 nitrogen and oxygen atoms in total. The maximum atomic E-state index is 11.3. The largest absolute Gasteiger partial charge is 0.494 e. The molecule has 2 heterocycles. The van der Waals surface area contributed by atoms with Crippen LogP contribution in [-0.2, 0) is 0 Å². The number of aromatic nitrogens is 1. The third-order valence-corrected chi connectivity index (χ3v) is 3.06. The summed E-state index contributed by atoms with van der Waals surface area (Å²) in [5, 5.41) is 3.29. The molecule has 6 heteroatoms. The summed E-state index contributed by atoms with van der Waals surface area (Å²) >= 11 is 0. The van der Waals surface area contributed by atoms with E-state index >= 15 is 0 Å². The molecule has 2 rings (SSSR count). The summed E-state index contributed by atoms with van der Waals surface area (Å²) in [6, 6.07) is 1.84. The molecule has 1 aliphatic rings. The monoisotopic (exact) mass is 250 g/mol. The topological polar surface area (TPSA) is 80.5 Å².